The molecule has 0 saturated heterocycles. The number of hydrogen-bond acceptors (Lipinski definition) is 4. The molecule has 7 nitrogen and oxygen atoms in total. The highest BCUT2D eigenvalue weighted by Crippen LogP contribution is 2.24. The Bertz CT molecular complexity index is 784. The van der Waals surface area contributed by atoms with Crippen LogP contribution >= 0.6 is 0 Å². The van der Waals surface area contributed by atoms with Crippen LogP contribution in [0, 0.1) is 12.8 Å². The van der Waals surface area contributed by atoms with Crippen LogP contribution in [0.25, 0.3) is 11.4 Å². The molecule has 3 rings (SSSR count). The number of rotatable bonds is 4. The van der Waals surface area contributed by atoms with E-state index in [1.807, 2.05) is 37.3 Å². The number of carboxylic acids is 1. The predicted molar refractivity (Wildman–Crippen MR) is 97.7 cm³/mol. The molecule has 2 amide bonds. The number of carbonyl (C=O) groups is 2. The fourth-order valence-corrected chi connectivity index (χ4v) is 3.13. The first-order chi connectivity index (χ1) is 12.5. The SMILES string of the molecule is Cc1ccnc(-c2ccc(NC(=O)NC3CCC(C(=O)O)CC3)cc2)n1. The summed E-state index contributed by atoms with van der Waals surface area (Å²) in [7, 11) is 0. The number of nitrogens with zero attached hydrogens (tertiary/aromatic N) is 2. The first-order valence-corrected chi connectivity index (χ1v) is 8.71. The Morgan fingerprint density at radius 2 is 1.77 bits per heavy atom. The van der Waals surface area contributed by atoms with Crippen molar-refractivity contribution in [2.45, 2.75) is 38.6 Å². The topological polar surface area (TPSA) is 104 Å². The summed E-state index contributed by atoms with van der Waals surface area (Å²) in [5, 5.41) is 14.7. The molecule has 0 aliphatic heterocycles. The van der Waals surface area contributed by atoms with Crippen LogP contribution in [0.3, 0.4) is 0 Å². The number of aromatic nitrogens is 2. The molecule has 1 saturated carbocycles. The lowest BCUT2D eigenvalue weighted by molar-refractivity contribution is -0.142. The number of aryl methyl sites for hydroxylation is 1. The van der Waals surface area contributed by atoms with Crippen LogP contribution in [0.2, 0.25) is 0 Å². The third-order valence-electron chi connectivity index (χ3n) is 4.61. The van der Waals surface area contributed by atoms with Crippen LogP contribution in [-0.4, -0.2) is 33.1 Å². The second-order valence-corrected chi connectivity index (χ2v) is 6.58. The van der Waals surface area contributed by atoms with Gasteiger partial charge in [-0.1, -0.05) is 0 Å². The van der Waals surface area contributed by atoms with Crippen LogP contribution in [0.4, 0.5) is 10.5 Å². The summed E-state index contributed by atoms with van der Waals surface area (Å²) in [6, 6.07) is 8.93. The van der Waals surface area contributed by atoms with Crippen molar-refractivity contribution in [2.75, 3.05) is 5.32 Å². The van der Waals surface area contributed by atoms with Gasteiger partial charge in [0.25, 0.3) is 0 Å². The number of carboxylic acid groups (broad SMARTS) is 1. The first kappa shape index (κ1) is 17.8. The maximum Gasteiger partial charge on any atom is 0.319 e. The van der Waals surface area contributed by atoms with Crippen molar-refractivity contribution in [3.05, 3.63) is 42.2 Å². The minimum absolute atomic E-state index is 0.0190. The molecular weight excluding hydrogens is 332 g/mol. The van der Waals surface area contributed by atoms with E-state index < -0.39 is 5.97 Å². The highest BCUT2D eigenvalue weighted by atomic mass is 16.4. The van der Waals surface area contributed by atoms with E-state index in [9.17, 15) is 9.59 Å². The van der Waals surface area contributed by atoms with Gasteiger partial charge < -0.3 is 15.7 Å². The van der Waals surface area contributed by atoms with Gasteiger partial charge in [-0.25, -0.2) is 14.8 Å². The second-order valence-electron chi connectivity index (χ2n) is 6.58. The number of benzene rings is 1. The quantitative estimate of drug-likeness (QED) is 0.782. The van der Waals surface area contributed by atoms with Crippen molar-refractivity contribution in [1.82, 2.24) is 15.3 Å². The summed E-state index contributed by atoms with van der Waals surface area (Å²) in [5.41, 5.74) is 2.46. The summed E-state index contributed by atoms with van der Waals surface area (Å²) in [6.07, 6.45) is 4.30. The summed E-state index contributed by atoms with van der Waals surface area (Å²) < 4.78 is 0. The molecule has 26 heavy (non-hydrogen) atoms. The fourth-order valence-electron chi connectivity index (χ4n) is 3.13. The minimum Gasteiger partial charge on any atom is -0.481 e. The third-order valence-corrected chi connectivity index (χ3v) is 4.61. The highest BCUT2D eigenvalue weighted by molar-refractivity contribution is 5.89. The average molecular weight is 354 g/mol. The van der Waals surface area contributed by atoms with Crippen LogP contribution in [0.15, 0.2) is 36.5 Å². The van der Waals surface area contributed by atoms with Gasteiger partial charge >= 0.3 is 12.0 Å². The maximum atomic E-state index is 12.1. The van der Waals surface area contributed by atoms with Gasteiger partial charge in [0.15, 0.2) is 5.82 Å². The molecule has 1 fully saturated rings. The molecule has 1 heterocycles. The lowest BCUT2D eigenvalue weighted by Gasteiger charge is -2.26. The smallest absolute Gasteiger partial charge is 0.319 e. The zero-order valence-corrected chi connectivity index (χ0v) is 14.6. The predicted octanol–water partition coefficient (Wildman–Crippen LogP) is 3.22. The molecule has 7 heteroatoms. The Morgan fingerprint density at radius 3 is 2.38 bits per heavy atom. The summed E-state index contributed by atoms with van der Waals surface area (Å²) in [5.74, 6) is -0.380. The monoisotopic (exact) mass is 354 g/mol. The second kappa shape index (κ2) is 7.95. The Morgan fingerprint density at radius 1 is 1.08 bits per heavy atom. The molecule has 1 aliphatic rings. The number of carbonyl (C=O) groups excluding carboxylic acids is 1. The molecule has 1 aromatic carbocycles. The number of urea groups is 1. The standard InChI is InChI=1S/C19H22N4O3/c1-12-10-11-20-17(21-12)13-2-6-15(7-3-13)22-19(26)23-16-8-4-14(5-9-16)18(24)25/h2-3,6-7,10-11,14,16H,4-5,8-9H2,1H3,(H,24,25)(H2,22,23,26). The number of aliphatic carboxylic acids is 1. The molecule has 0 unspecified atom stereocenters. The Kier molecular flexibility index (Phi) is 5.46. The van der Waals surface area contributed by atoms with Crippen LogP contribution in [0.5, 0.6) is 0 Å². The van der Waals surface area contributed by atoms with Crippen LogP contribution in [0.1, 0.15) is 31.4 Å². The van der Waals surface area contributed by atoms with Gasteiger partial charge in [0.05, 0.1) is 5.92 Å². The number of anilines is 1. The molecule has 0 radical (unpaired) electrons. The van der Waals surface area contributed by atoms with Crippen molar-refractivity contribution in [3.8, 4) is 11.4 Å². The molecule has 2 aromatic rings. The Hall–Kier alpha value is -2.96. The molecule has 3 N–H and O–H groups in total. The molecule has 136 valence electrons. The fraction of sp³-hybridized carbons (Fsp3) is 0.368. The molecule has 1 aliphatic carbocycles. The van der Waals surface area contributed by atoms with Crippen molar-refractivity contribution in [3.63, 3.8) is 0 Å². The van der Waals surface area contributed by atoms with E-state index in [-0.39, 0.29) is 18.0 Å². The lowest BCUT2D eigenvalue weighted by Crippen LogP contribution is -2.40. The Balaban J connectivity index is 1.53. The van der Waals surface area contributed by atoms with E-state index in [0.29, 0.717) is 37.2 Å². The van der Waals surface area contributed by atoms with E-state index >= 15 is 0 Å². The zero-order chi connectivity index (χ0) is 18.5. The number of amides is 2. The minimum atomic E-state index is -0.745. The van der Waals surface area contributed by atoms with Gasteiger partial charge in [0.1, 0.15) is 0 Å². The molecule has 0 spiro atoms. The van der Waals surface area contributed by atoms with Gasteiger partial charge in [-0.05, 0) is 62.9 Å². The average Bonchev–Trinajstić information content (AvgIpc) is 2.62. The number of nitrogens with one attached hydrogen (secondary N) is 2. The van der Waals surface area contributed by atoms with E-state index in [1.165, 1.54) is 0 Å². The van der Waals surface area contributed by atoms with E-state index in [2.05, 4.69) is 20.6 Å². The van der Waals surface area contributed by atoms with Crippen molar-refractivity contribution in [2.24, 2.45) is 5.92 Å². The molecular formula is C19H22N4O3. The largest absolute Gasteiger partial charge is 0.481 e. The summed E-state index contributed by atoms with van der Waals surface area (Å²) in [6.45, 7) is 1.91. The van der Waals surface area contributed by atoms with Gasteiger partial charge in [0.2, 0.25) is 0 Å². The van der Waals surface area contributed by atoms with Crippen LogP contribution in [-0.2, 0) is 4.79 Å². The number of hydrogen-bond donors (Lipinski definition) is 3. The highest BCUT2D eigenvalue weighted by Gasteiger charge is 2.26. The molecule has 0 bridgehead atoms. The third kappa shape index (κ3) is 4.56. The Labute approximate surface area is 151 Å². The van der Waals surface area contributed by atoms with Crippen molar-refractivity contribution < 1.29 is 14.7 Å². The maximum absolute atomic E-state index is 12.1. The van der Waals surface area contributed by atoms with Gasteiger partial charge in [-0.15, -0.1) is 0 Å². The van der Waals surface area contributed by atoms with Crippen molar-refractivity contribution >= 4 is 17.7 Å². The van der Waals surface area contributed by atoms with E-state index in [0.717, 1.165) is 11.3 Å². The van der Waals surface area contributed by atoms with E-state index in [4.69, 9.17) is 5.11 Å². The van der Waals surface area contributed by atoms with Gasteiger partial charge in [-0.2, -0.15) is 0 Å². The lowest BCUT2D eigenvalue weighted by atomic mass is 9.86. The van der Waals surface area contributed by atoms with Gasteiger partial charge in [0, 0.05) is 29.2 Å². The first-order valence-electron chi connectivity index (χ1n) is 8.71. The summed E-state index contributed by atoms with van der Waals surface area (Å²) >= 11 is 0. The normalized spacial score (nSPS) is 19.6. The summed E-state index contributed by atoms with van der Waals surface area (Å²) in [4.78, 5) is 31.7. The van der Waals surface area contributed by atoms with E-state index in [1.54, 1.807) is 6.20 Å². The molecule has 1 aromatic heterocycles. The van der Waals surface area contributed by atoms with Crippen LogP contribution < -0.4 is 10.6 Å². The van der Waals surface area contributed by atoms with Gasteiger partial charge in [-0.3, -0.25) is 4.79 Å². The zero-order valence-electron chi connectivity index (χ0n) is 14.6. The molecule has 0 atom stereocenters. The van der Waals surface area contributed by atoms with Crippen molar-refractivity contribution in [1.29, 1.82) is 0 Å².